The summed E-state index contributed by atoms with van der Waals surface area (Å²) in [6, 6.07) is 3.80. The molecule has 2 N–H and O–H groups in total. The normalized spacial score (nSPS) is 22.0. The minimum Gasteiger partial charge on any atom is -0.341 e. The van der Waals surface area contributed by atoms with Crippen molar-refractivity contribution in [3.8, 4) is 0 Å². The van der Waals surface area contributed by atoms with Crippen LogP contribution in [0, 0.1) is 0 Å². The first-order chi connectivity index (χ1) is 8.74. The fourth-order valence-electron chi connectivity index (χ4n) is 2.79. The number of carbonyl (C=O) groups excluding carboxylic acids is 1. The van der Waals surface area contributed by atoms with E-state index in [1.54, 1.807) is 6.20 Å². The number of hydrogen-bond acceptors (Lipinski definition) is 3. The first-order valence-corrected chi connectivity index (χ1v) is 6.21. The van der Waals surface area contributed by atoms with E-state index in [4.69, 9.17) is 12.2 Å². The maximum absolute atomic E-state index is 11.8. The predicted molar refractivity (Wildman–Crippen MR) is 69.9 cm³/mol. The molecule has 18 heavy (non-hydrogen) atoms. The first kappa shape index (κ1) is 10.0. The number of carbonyl (C=O) groups is 1. The molecule has 2 aliphatic rings. The maximum atomic E-state index is 11.8. The summed E-state index contributed by atoms with van der Waals surface area (Å²) >= 11 is 5.17. The van der Waals surface area contributed by atoms with Crippen molar-refractivity contribution in [1.82, 2.24) is 20.2 Å². The molecule has 1 amide bonds. The molecule has 0 aromatic carbocycles. The highest BCUT2D eigenvalue weighted by Gasteiger charge is 2.40. The molecule has 0 saturated carbocycles. The third-order valence-electron chi connectivity index (χ3n) is 3.66. The van der Waals surface area contributed by atoms with Gasteiger partial charge in [0, 0.05) is 23.7 Å². The van der Waals surface area contributed by atoms with Crippen LogP contribution in [0.25, 0.3) is 11.0 Å². The number of hydrogen-bond donors (Lipinski definition) is 2. The third-order valence-corrected chi connectivity index (χ3v) is 4.00. The van der Waals surface area contributed by atoms with Gasteiger partial charge in [-0.3, -0.25) is 4.79 Å². The summed E-state index contributed by atoms with van der Waals surface area (Å²) < 4.78 is 0. The molecule has 5 nitrogen and oxygen atoms in total. The highest BCUT2D eigenvalue weighted by Crippen LogP contribution is 2.31. The molecule has 1 atom stereocenters. The largest absolute Gasteiger partial charge is 0.341 e. The number of fused-ring (bicyclic) bond motifs is 4. The highest BCUT2D eigenvalue weighted by molar-refractivity contribution is 7.80. The Hall–Kier alpha value is -1.95. The van der Waals surface area contributed by atoms with Crippen molar-refractivity contribution in [3.05, 3.63) is 29.6 Å². The molecule has 1 unspecified atom stereocenters. The van der Waals surface area contributed by atoms with E-state index in [2.05, 4.69) is 15.3 Å². The number of nitrogens with zero attached hydrogens (tertiary/aromatic N) is 2. The van der Waals surface area contributed by atoms with Crippen LogP contribution in [0.2, 0.25) is 0 Å². The van der Waals surface area contributed by atoms with Gasteiger partial charge in [0.2, 0.25) is 5.91 Å². The van der Waals surface area contributed by atoms with Crippen LogP contribution in [-0.2, 0) is 17.8 Å². The van der Waals surface area contributed by atoms with Crippen LogP contribution in [0.1, 0.15) is 11.3 Å². The number of amides is 1. The number of pyridine rings is 1. The molecule has 4 rings (SSSR count). The summed E-state index contributed by atoms with van der Waals surface area (Å²) in [4.78, 5) is 21.4. The van der Waals surface area contributed by atoms with Crippen molar-refractivity contribution in [1.29, 1.82) is 0 Å². The van der Waals surface area contributed by atoms with Gasteiger partial charge in [-0.05, 0) is 29.9 Å². The van der Waals surface area contributed by atoms with Crippen molar-refractivity contribution in [3.63, 3.8) is 0 Å². The highest BCUT2D eigenvalue weighted by atomic mass is 32.1. The molecule has 0 spiro atoms. The van der Waals surface area contributed by atoms with Crippen LogP contribution in [0.15, 0.2) is 18.3 Å². The molecule has 2 aromatic heterocycles. The van der Waals surface area contributed by atoms with Gasteiger partial charge in [0.05, 0.1) is 6.54 Å². The zero-order valence-electron chi connectivity index (χ0n) is 9.43. The van der Waals surface area contributed by atoms with Crippen molar-refractivity contribution in [2.75, 3.05) is 0 Å². The Morgan fingerprint density at radius 1 is 1.50 bits per heavy atom. The summed E-state index contributed by atoms with van der Waals surface area (Å²) in [5.41, 5.74) is 3.19. The van der Waals surface area contributed by atoms with Gasteiger partial charge in [-0.15, -0.1) is 0 Å². The molecule has 4 heterocycles. The van der Waals surface area contributed by atoms with Gasteiger partial charge in [0.1, 0.15) is 11.7 Å². The third kappa shape index (κ3) is 1.18. The predicted octanol–water partition coefficient (Wildman–Crippen LogP) is 0.704. The van der Waals surface area contributed by atoms with Gasteiger partial charge in [0.15, 0.2) is 5.11 Å². The average Bonchev–Trinajstić information content (AvgIpc) is 2.86. The van der Waals surface area contributed by atoms with Gasteiger partial charge in [0.25, 0.3) is 0 Å². The molecule has 2 aromatic rings. The van der Waals surface area contributed by atoms with Crippen molar-refractivity contribution in [2.24, 2.45) is 0 Å². The Kier molecular flexibility index (Phi) is 1.83. The quantitative estimate of drug-likeness (QED) is 0.683. The molecule has 2 aliphatic heterocycles. The fraction of sp³-hybridized carbons (Fsp3) is 0.250. The van der Waals surface area contributed by atoms with E-state index in [-0.39, 0.29) is 11.9 Å². The van der Waals surface area contributed by atoms with E-state index in [0.717, 1.165) is 16.7 Å². The monoisotopic (exact) mass is 258 g/mol. The average molecular weight is 258 g/mol. The SMILES string of the molecule is O=C1NC(=S)N2Cc3[nH]c4ncccc4c3CC12. The summed E-state index contributed by atoms with van der Waals surface area (Å²) in [5, 5.41) is 4.36. The van der Waals surface area contributed by atoms with E-state index in [1.807, 2.05) is 17.0 Å². The molecule has 1 fully saturated rings. The number of rotatable bonds is 0. The van der Waals surface area contributed by atoms with Gasteiger partial charge in [-0.2, -0.15) is 0 Å². The first-order valence-electron chi connectivity index (χ1n) is 5.80. The zero-order valence-corrected chi connectivity index (χ0v) is 10.3. The lowest BCUT2D eigenvalue weighted by Gasteiger charge is -2.28. The molecule has 1 saturated heterocycles. The van der Waals surface area contributed by atoms with Gasteiger partial charge in [-0.25, -0.2) is 4.98 Å². The molecular formula is C12H10N4OS. The topological polar surface area (TPSA) is 61.0 Å². The van der Waals surface area contributed by atoms with Crippen LogP contribution >= 0.6 is 12.2 Å². The molecule has 90 valence electrons. The Labute approximate surface area is 108 Å². The zero-order chi connectivity index (χ0) is 12.3. The molecular weight excluding hydrogens is 248 g/mol. The van der Waals surface area contributed by atoms with Gasteiger partial charge in [-0.1, -0.05) is 0 Å². The Balaban J connectivity index is 1.89. The van der Waals surface area contributed by atoms with E-state index >= 15 is 0 Å². The van der Waals surface area contributed by atoms with Crippen LogP contribution in [0.3, 0.4) is 0 Å². The molecule has 0 radical (unpaired) electrons. The van der Waals surface area contributed by atoms with Gasteiger partial charge < -0.3 is 15.2 Å². The number of H-pyrrole nitrogens is 1. The molecule has 0 bridgehead atoms. The van der Waals surface area contributed by atoms with Crippen molar-refractivity contribution in [2.45, 2.75) is 19.0 Å². The Morgan fingerprint density at radius 3 is 3.28 bits per heavy atom. The summed E-state index contributed by atoms with van der Waals surface area (Å²) in [7, 11) is 0. The van der Waals surface area contributed by atoms with Crippen molar-refractivity contribution < 1.29 is 4.79 Å². The summed E-state index contributed by atoms with van der Waals surface area (Å²) in [6.07, 6.45) is 2.45. The minimum atomic E-state index is -0.163. The van der Waals surface area contributed by atoms with E-state index in [0.29, 0.717) is 18.1 Å². The molecule has 6 heteroatoms. The Bertz CT molecular complexity index is 692. The second-order valence-electron chi connectivity index (χ2n) is 4.62. The summed E-state index contributed by atoms with van der Waals surface area (Å²) in [5.74, 6) is 0.00360. The van der Waals surface area contributed by atoms with Crippen LogP contribution in [0.5, 0.6) is 0 Å². The lowest BCUT2D eigenvalue weighted by Crippen LogP contribution is -2.39. The van der Waals surface area contributed by atoms with E-state index < -0.39 is 0 Å². The number of thiocarbonyl (C=S) groups is 1. The van der Waals surface area contributed by atoms with Crippen molar-refractivity contribution >= 4 is 34.3 Å². The fourth-order valence-corrected chi connectivity index (χ4v) is 3.08. The number of nitrogens with one attached hydrogen (secondary N) is 2. The lowest BCUT2D eigenvalue weighted by molar-refractivity contribution is -0.121. The summed E-state index contributed by atoms with van der Waals surface area (Å²) in [6.45, 7) is 0.647. The van der Waals surface area contributed by atoms with Crippen LogP contribution in [-0.4, -0.2) is 31.9 Å². The minimum absolute atomic E-state index is 0.00360. The molecule has 0 aliphatic carbocycles. The second-order valence-corrected chi connectivity index (χ2v) is 5.01. The number of aromatic amines is 1. The second kappa shape index (κ2) is 3.29. The smallest absolute Gasteiger partial charge is 0.249 e. The lowest BCUT2D eigenvalue weighted by atomic mass is 9.98. The standard InChI is InChI=1S/C12H10N4OS/c17-11-9-4-7-6-2-1-3-13-10(6)14-8(7)5-16(9)12(18)15-11/h1-3,9H,4-5H2,(H,13,14)(H,15,17,18). The van der Waals surface area contributed by atoms with Gasteiger partial charge >= 0.3 is 0 Å². The Morgan fingerprint density at radius 2 is 2.39 bits per heavy atom. The van der Waals surface area contributed by atoms with E-state index in [1.165, 1.54) is 5.56 Å². The number of aromatic nitrogens is 2. The van der Waals surface area contributed by atoms with Crippen LogP contribution < -0.4 is 5.32 Å². The van der Waals surface area contributed by atoms with Crippen LogP contribution in [0.4, 0.5) is 0 Å². The maximum Gasteiger partial charge on any atom is 0.249 e. The van der Waals surface area contributed by atoms with E-state index in [9.17, 15) is 4.79 Å².